The van der Waals surface area contributed by atoms with Crippen molar-refractivity contribution in [2.75, 3.05) is 0 Å². The van der Waals surface area contributed by atoms with Crippen LogP contribution >= 0.6 is 0 Å². The van der Waals surface area contributed by atoms with Crippen LogP contribution in [0.2, 0.25) is 0 Å². The van der Waals surface area contributed by atoms with E-state index in [-0.39, 0.29) is 36.7 Å². The fourth-order valence-electron chi connectivity index (χ4n) is 1.22. The number of hydrogen-bond acceptors (Lipinski definition) is 1. The zero-order valence-corrected chi connectivity index (χ0v) is 12.8. The van der Waals surface area contributed by atoms with Gasteiger partial charge in [0.15, 0.2) is 0 Å². The first-order valence-corrected chi connectivity index (χ1v) is 7.60. The second-order valence-corrected chi connectivity index (χ2v) is 9.11. The van der Waals surface area contributed by atoms with Crippen LogP contribution in [0.4, 0.5) is 0 Å². The van der Waals surface area contributed by atoms with Crippen LogP contribution in [0.25, 0.3) is 0 Å². The molecule has 84 valence electrons. The van der Waals surface area contributed by atoms with Gasteiger partial charge in [-0.15, -0.1) is 0 Å². The van der Waals surface area contributed by atoms with Crippen molar-refractivity contribution in [1.82, 2.24) is 0 Å². The van der Waals surface area contributed by atoms with Crippen LogP contribution in [-0.4, -0.2) is 20.4 Å². The summed E-state index contributed by atoms with van der Waals surface area (Å²) < 4.78 is 2.76. The molecule has 0 N–H and O–H groups in total. The number of hydrogen-bond donors (Lipinski definition) is 0. The van der Waals surface area contributed by atoms with Gasteiger partial charge in [-0.3, -0.25) is 0 Å². The molecule has 0 atom stereocenters. The topological polar surface area (TPSA) is 17.1 Å². The Balaban J connectivity index is 3.36. The molecule has 0 bridgehead atoms. The molecule has 0 fully saturated rings. The Bertz CT molecular complexity index is 367. The molecule has 0 radical (unpaired) electrons. The zero-order valence-electron chi connectivity index (χ0n) is 10.5. The fourth-order valence-corrected chi connectivity index (χ4v) is 4.64. The van der Waals surface area contributed by atoms with Gasteiger partial charge in [0, 0.05) is 0 Å². The van der Waals surface area contributed by atoms with Crippen molar-refractivity contribution in [2.24, 2.45) is 0 Å². The second kappa shape index (κ2) is 4.07. The van der Waals surface area contributed by atoms with E-state index in [4.69, 9.17) is 0 Å². The minimum absolute atomic E-state index is 0.155. The summed E-state index contributed by atoms with van der Waals surface area (Å²) in [5.74, 6) is 0. The first-order chi connectivity index (χ1) is 6.60. The van der Waals surface area contributed by atoms with Gasteiger partial charge in [0.2, 0.25) is 0 Å². The van der Waals surface area contributed by atoms with E-state index in [0.29, 0.717) is 0 Å². The first-order valence-electron chi connectivity index (χ1n) is 5.27. The van der Waals surface area contributed by atoms with Gasteiger partial charge in [0.25, 0.3) is 0 Å². The summed E-state index contributed by atoms with van der Waals surface area (Å²) in [4.78, 5) is 11.6. The third kappa shape index (κ3) is 3.47. The molecule has 15 heavy (non-hydrogen) atoms. The van der Waals surface area contributed by atoms with Crippen LogP contribution in [0.15, 0.2) is 16.9 Å². The Labute approximate surface area is 102 Å². The summed E-state index contributed by atoms with van der Waals surface area (Å²) in [6, 6.07) is 3.72. The summed E-state index contributed by atoms with van der Waals surface area (Å²) in [5.41, 5.74) is 0.493. The van der Waals surface area contributed by atoms with E-state index in [1.54, 1.807) is 0 Å². The third-order valence-corrected chi connectivity index (χ3v) is 7.67. The van der Waals surface area contributed by atoms with Crippen LogP contribution in [0.5, 0.6) is 0 Å². The molecule has 1 nitrogen and oxygen atoms in total. The van der Waals surface area contributed by atoms with Gasteiger partial charge in [-0.2, -0.15) is 0 Å². The van der Waals surface area contributed by atoms with Gasteiger partial charge in [0.05, 0.1) is 0 Å². The standard InChI is InChI=1S/C13H20OTe/c1-12(2,3)10-7-9(14)8-11(15-10)13(4,5)6/h7-8H,1-6H3. The van der Waals surface area contributed by atoms with Gasteiger partial charge in [-0.05, 0) is 0 Å². The van der Waals surface area contributed by atoms with Gasteiger partial charge in [-0.1, -0.05) is 0 Å². The van der Waals surface area contributed by atoms with Crippen molar-refractivity contribution in [3.8, 4) is 0 Å². The van der Waals surface area contributed by atoms with Gasteiger partial charge in [-0.25, -0.2) is 0 Å². The molecule has 2 heteroatoms. The molecule has 0 aliphatic rings. The van der Waals surface area contributed by atoms with Crippen LogP contribution in [0.1, 0.15) is 48.7 Å². The molecule has 1 aromatic rings. The molecule has 0 unspecified atom stereocenters. The Kier molecular flexibility index (Phi) is 3.53. The van der Waals surface area contributed by atoms with E-state index >= 15 is 0 Å². The van der Waals surface area contributed by atoms with Crippen LogP contribution < -0.4 is 5.43 Å². The molecular weight excluding hydrogens is 300 g/mol. The average Bonchev–Trinajstić information content (AvgIpc) is 1.99. The van der Waals surface area contributed by atoms with Crippen LogP contribution in [-0.2, 0) is 10.8 Å². The van der Waals surface area contributed by atoms with Crippen LogP contribution in [0.3, 0.4) is 0 Å². The quantitative estimate of drug-likeness (QED) is 0.672. The molecule has 0 saturated carbocycles. The molecule has 0 saturated heterocycles. The summed E-state index contributed by atoms with van der Waals surface area (Å²) in [6.07, 6.45) is 0. The predicted molar refractivity (Wildman–Crippen MR) is 67.1 cm³/mol. The maximum absolute atomic E-state index is 11.6. The van der Waals surface area contributed by atoms with Crippen molar-refractivity contribution in [1.29, 1.82) is 0 Å². The summed E-state index contributed by atoms with van der Waals surface area (Å²) in [6.45, 7) is 13.2. The molecule has 0 aliphatic carbocycles. The van der Waals surface area contributed by atoms with Crippen molar-refractivity contribution in [3.63, 3.8) is 0 Å². The molecule has 1 aromatic heterocycles. The minimum atomic E-state index is -0.316. The monoisotopic (exact) mass is 322 g/mol. The summed E-state index contributed by atoms with van der Waals surface area (Å²) in [7, 11) is 0. The van der Waals surface area contributed by atoms with E-state index in [0.717, 1.165) is 0 Å². The van der Waals surface area contributed by atoms with Gasteiger partial charge >= 0.3 is 102 Å². The molecule has 1 heterocycles. The van der Waals surface area contributed by atoms with Crippen LogP contribution in [0, 0.1) is 0 Å². The summed E-state index contributed by atoms with van der Waals surface area (Å²) >= 11 is -0.316. The second-order valence-electron chi connectivity index (χ2n) is 6.02. The molecular formula is C13H20OTe. The summed E-state index contributed by atoms with van der Waals surface area (Å²) in [5, 5.41) is 0. The van der Waals surface area contributed by atoms with Crippen molar-refractivity contribution < 1.29 is 0 Å². The SMILES string of the molecule is CC(C)(C)c1cc(=O)cc(C(C)(C)C)[te]1. The third-order valence-electron chi connectivity index (χ3n) is 2.25. The Morgan fingerprint density at radius 2 is 1.20 bits per heavy atom. The number of rotatable bonds is 0. The molecule has 0 spiro atoms. The van der Waals surface area contributed by atoms with E-state index in [1.807, 2.05) is 12.1 Å². The average molecular weight is 320 g/mol. The predicted octanol–water partition coefficient (Wildman–Crippen LogP) is 2.70. The molecule has 0 amide bonds. The Morgan fingerprint density at radius 3 is 1.47 bits per heavy atom. The van der Waals surface area contributed by atoms with E-state index < -0.39 is 0 Å². The van der Waals surface area contributed by atoms with E-state index in [9.17, 15) is 4.79 Å². The molecule has 0 aliphatic heterocycles. The maximum atomic E-state index is 11.6. The Hall–Kier alpha value is -0.0604. The molecule has 1 rings (SSSR count). The molecule has 0 aromatic carbocycles. The first kappa shape index (κ1) is 13.0. The normalized spacial score (nSPS) is 12.9. The van der Waals surface area contributed by atoms with Crippen molar-refractivity contribution >= 4 is 20.4 Å². The van der Waals surface area contributed by atoms with Crippen molar-refractivity contribution in [2.45, 2.75) is 52.4 Å². The fraction of sp³-hybridized carbons (Fsp3) is 0.615. The van der Waals surface area contributed by atoms with E-state index in [1.165, 1.54) is 7.16 Å². The van der Waals surface area contributed by atoms with Gasteiger partial charge in [0.1, 0.15) is 0 Å². The van der Waals surface area contributed by atoms with Gasteiger partial charge < -0.3 is 0 Å². The van der Waals surface area contributed by atoms with Crippen molar-refractivity contribution in [3.05, 3.63) is 29.5 Å². The van der Waals surface area contributed by atoms with E-state index in [2.05, 4.69) is 41.5 Å². The zero-order chi connectivity index (χ0) is 11.9. The Morgan fingerprint density at radius 1 is 0.867 bits per heavy atom.